The molecule has 4 heteroatoms. The first kappa shape index (κ1) is 13.5. The van der Waals surface area contributed by atoms with Gasteiger partial charge in [-0.25, -0.2) is 4.79 Å². The molecule has 92 valence electrons. The predicted molar refractivity (Wildman–Crippen MR) is 63.6 cm³/mol. The summed E-state index contributed by atoms with van der Waals surface area (Å²) < 4.78 is 4.96. The Labute approximate surface area is 105 Å². The molecule has 0 aromatic heterocycles. The fourth-order valence-electron chi connectivity index (χ4n) is 1.32. The number of carbonyl (C=O) groups is 2. The van der Waals surface area contributed by atoms with Crippen LogP contribution in [0.5, 0.6) is 0 Å². The fourth-order valence-corrected chi connectivity index (χ4v) is 1.32. The first-order valence-electron chi connectivity index (χ1n) is 5.20. The lowest BCUT2D eigenvalue weighted by Gasteiger charge is -2.12. The molecule has 0 fully saturated rings. The topological polar surface area (TPSA) is 66.4 Å². The first-order valence-corrected chi connectivity index (χ1v) is 5.20. The van der Waals surface area contributed by atoms with E-state index in [9.17, 15) is 14.7 Å². The van der Waals surface area contributed by atoms with Crippen LogP contribution in [0.3, 0.4) is 0 Å². The molecule has 1 aromatic rings. The van der Waals surface area contributed by atoms with Crippen molar-refractivity contribution >= 4 is 11.9 Å². The van der Waals surface area contributed by atoms with Gasteiger partial charge < -0.3 is 14.6 Å². The van der Waals surface area contributed by atoms with Crippen LogP contribution in [0, 0.1) is 12.3 Å². The van der Waals surface area contributed by atoms with Gasteiger partial charge in [0.05, 0.1) is 11.5 Å². The zero-order chi connectivity index (χ0) is 13.5. The van der Waals surface area contributed by atoms with Crippen LogP contribution in [0.25, 0.3) is 0 Å². The second-order valence-corrected chi connectivity index (χ2v) is 3.35. The molecular weight excluding hydrogens is 232 g/mol. The Balaban J connectivity index is 2.98. The first-order chi connectivity index (χ1) is 8.60. The number of rotatable bonds is 4. The second kappa shape index (κ2) is 6.26. The number of aromatic carboxylic acids is 1. The van der Waals surface area contributed by atoms with Crippen molar-refractivity contribution in [3.8, 4) is 12.3 Å². The number of carboxylic acids is 1. The van der Waals surface area contributed by atoms with Gasteiger partial charge in [0.15, 0.2) is 6.10 Å². The maximum Gasteiger partial charge on any atom is 0.340 e. The van der Waals surface area contributed by atoms with Crippen molar-refractivity contribution in [2.24, 2.45) is 0 Å². The molecule has 4 nitrogen and oxygen atoms in total. The predicted octanol–water partition coefficient (Wildman–Crippen LogP) is 0.785. The summed E-state index contributed by atoms with van der Waals surface area (Å²) in [5.41, 5.74) is -0.305. The van der Waals surface area contributed by atoms with Crippen molar-refractivity contribution in [3.05, 3.63) is 47.5 Å². The summed E-state index contributed by atoms with van der Waals surface area (Å²) in [4.78, 5) is 22.6. The number of hydrogen-bond donors (Lipinski definition) is 0. The summed E-state index contributed by atoms with van der Waals surface area (Å²) in [5.74, 6) is 0.0249. The van der Waals surface area contributed by atoms with E-state index >= 15 is 0 Å². The van der Waals surface area contributed by atoms with Gasteiger partial charge in [-0.3, -0.25) is 0 Å². The normalized spacial score (nSPS) is 11.8. The molecule has 0 radical (unpaired) electrons. The molecule has 18 heavy (non-hydrogen) atoms. The minimum absolute atomic E-state index is 0.0812. The molecule has 0 saturated carbocycles. The van der Waals surface area contributed by atoms with Crippen LogP contribution in [0.4, 0.5) is 0 Å². The molecule has 0 aliphatic heterocycles. The molecule has 0 bridgehead atoms. The fraction of sp³-hybridized carbons (Fsp3) is 0.143. The zero-order valence-corrected chi connectivity index (χ0v) is 9.75. The Morgan fingerprint density at radius 3 is 2.50 bits per heavy atom. The largest absolute Gasteiger partial charge is 0.545 e. The van der Waals surface area contributed by atoms with Gasteiger partial charge in [0.25, 0.3) is 0 Å². The lowest BCUT2D eigenvalue weighted by molar-refractivity contribution is -0.255. The van der Waals surface area contributed by atoms with Crippen molar-refractivity contribution < 1.29 is 19.4 Å². The van der Waals surface area contributed by atoms with Gasteiger partial charge in [0, 0.05) is 5.56 Å². The van der Waals surface area contributed by atoms with Crippen LogP contribution in [0.1, 0.15) is 27.6 Å². The quantitative estimate of drug-likeness (QED) is 0.445. The maximum absolute atomic E-state index is 11.8. The number of esters is 1. The molecule has 1 unspecified atom stereocenters. The molecule has 0 amide bonds. The summed E-state index contributed by atoms with van der Waals surface area (Å²) >= 11 is 0. The molecule has 0 aliphatic carbocycles. The van der Waals surface area contributed by atoms with E-state index in [2.05, 4.69) is 5.92 Å². The minimum atomic E-state index is -1.44. The molecule has 0 saturated heterocycles. The molecule has 0 heterocycles. The molecule has 1 rings (SSSR count). The van der Waals surface area contributed by atoms with Crippen LogP contribution in [-0.4, -0.2) is 18.0 Å². The zero-order valence-electron chi connectivity index (χ0n) is 9.75. The Morgan fingerprint density at radius 1 is 1.39 bits per heavy atom. The number of carbonyl (C=O) groups excluding carboxylic acids is 2. The van der Waals surface area contributed by atoms with Gasteiger partial charge in [-0.2, -0.15) is 0 Å². The van der Waals surface area contributed by atoms with Crippen molar-refractivity contribution in [1.29, 1.82) is 0 Å². The van der Waals surface area contributed by atoms with Crippen LogP contribution in [0.2, 0.25) is 0 Å². The Hall–Kier alpha value is -2.54. The van der Waals surface area contributed by atoms with Gasteiger partial charge in [-0.1, -0.05) is 30.2 Å². The number of carboxylic acid groups (broad SMARTS) is 1. The highest BCUT2D eigenvalue weighted by Gasteiger charge is 2.15. The molecular formula is C14H11O4-. The summed E-state index contributed by atoms with van der Waals surface area (Å²) in [6, 6.07) is 5.64. The van der Waals surface area contributed by atoms with E-state index in [0.717, 1.165) is 0 Å². The van der Waals surface area contributed by atoms with Crippen molar-refractivity contribution in [2.75, 3.05) is 0 Å². The minimum Gasteiger partial charge on any atom is -0.545 e. The third-order valence-electron chi connectivity index (χ3n) is 2.13. The highest BCUT2D eigenvalue weighted by Crippen LogP contribution is 2.11. The van der Waals surface area contributed by atoms with E-state index in [1.165, 1.54) is 30.3 Å². The van der Waals surface area contributed by atoms with E-state index < -0.39 is 18.0 Å². The van der Waals surface area contributed by atoms with Crippen LogP contribution in [-0.2, 0) is 4.74 Å². The molecule has 0 spiro atoms. The van der Waals surface area contributed by atoms with Crippen LogP contribution >= 0.6 is 0 Å². The van der Waals surface area contributed by atoms with Crippen molar-refractivity contribution in [2.45, 2.75) is 13.0 Å². The van der Waals surface area contributed by atoms with E-state index in [1.807, 2.05) is 0 Å². The molecule has 1 aromatic carbocycles. The monoisotopic (exact) mass is 243 g/mol. The lowest BCUT2D eigenvalue weighted by atomic mass is 10.1. The summed E-state index contributed by atoms with van der Waals surface area (Å²) in [6.45, 7) is 1.73. The summed E-state index contributed by atoms with van der Waals surface area (Å²) in [6.07, 6.45) is 7.51. The van der Waals surface area contributed by atoms with E-state index in [4.69, 9.17) is 11.2 Å². The van der Waals surface area contributed by atoms with Crippen LogP contribution < -0.4 is 5.11 Å². The summed E-state index contributed by atoms with van der Waals surface area (Å²) in [7, 11) is 0. The number of benzene rings is 1. The highest BCUT2D eigenvalue weighted by atomic mass is 16.5. The average molecular weight is 243 g/mol. The Bertz CT molecular complexity index is 523. The van der Waals surface area contributed by atoms with Gasteiger partial charge in [0.1, 0.15) is 0 Å². The van der Waals surface area contributed by atoms with Gasteiger partial charge in [0.2, 0.25) is 0 Å². The molecule has 0 aliphatic rings. The third-order valence-corrected chi connectivity index (χ3v) is 2.13. The van der Waals surface area contributed by atoms with Crippen molar-refractivity contribution in [1.82, 2.24) is 0 Å². The number of hydrogen-bond acceptors (Lipinski definition) is 4. The number of allylic oxidation sites excluding steroid dienone is 1. The Morgan fingerprint density at radius 2 is 2.00 bits per heavy atom. The highest BCUT2D eigenvalue weighted by molar-refractivity contribution is 6.01. The van der Waals surface area contributed by atoms with Crippen LogP contribution in [0.15, 0.2) is 36.4 Å². The maximum atomic E-state index is 11.8. The summed E-state index contributed by atoms with van der Waals surface area (Å²) in [5, 5.41) is 10.8. The van der Waals surface area contributed by atoms with E-state index in [1.54, 1.807) is 13.0 Å². The molecule has 1 atom stereocenters. The van der Waals surface area contributed by atoms with Gasteiger partial charge in [-0.15, -0.1) is 6.42 Å². The number of terminal acetylenes is 1. The SMILES string of the molecule is C#CC(C=CC)OC(=O)c1ccccc1C(=O)[O-]. The average Bonchev–Trinajstić information content (AvgIpc) is 2.38. The Kier molecular flexibility index (Phi) is 4.70. The van der Waals surface area contributed by atoms with E-state index in [0.29, 0.717) is 0 Å². The lowest BCUT2D eigenvalue weighted by Crippen LogP contribution is -2.26. The number of ether oxygens (including phenoxy) is 1. The van der Waals surface area contributed by atoms with Crippen molar-refractivity contribution in [3.63, 3.8) is 0 Å². The molecule has 0 N–H and O–H groups in total. The third kappa shape index (κ3) is 3.22. The van der Waals surface area contributed by atoms with E-state index in [-0.39, 0.29) is 11.1 Å². The van der Waals surface area contributed by atoms with Gasteiger partial charge in [-0.05, 0) is 19.1 Å². The van der Waals surface area contributed by atoms with Gasteiger partial charge >= 0.3 is 5.97 Å². The smallest absolute Gasteiger partial charge is 0.340 e. The second-order valence-electron chi connectivity index (χ2n) is 3.35. The standard InChI is InChI=1S/C14H12O4/c1-3-7-10(4-2)18-14(17)12-9-6-5-8-11(12)13(15)16/h2-3,5-10H,1H3,(H,15,16)/p-1.